The first-order chi connectivity index (χ1) is 11.0. The SMILES string of the molecule is Cc1ccc(-n2nc(C)c3c(NCC(C)C)nc(C)nc32)cc1. The largest absolute Gasteiger partial charge is 0.369 e. The third-order valence-electron chi connectivity index (χ3n) is 3.77. The molecular weight excluding hydrogens is 286 g/mol. The van der Waals surface area contributed by atoms with Gasteiger partial charge >= 0.3 is 0 Å². The summed E-state index contributed by atoms with van der Waals surface area (Å²) in [7, 11) is 0. The van der Waals surface area contributed by atoms with E-state index in [1.807, 2.05) is 18.5 Å². The fourth-order valence-electron chi connectivity index (χ4n) is 2.59. The van der Waals surface area contributed by atoms with Crippen molar-refractivity contribution in [2.45, 2.75) is 34.6 Å². The Labute approximate surface area is 136 Å². The molecule has 2 aromatic heterocycles. The molecule has 0 spiro atoms. The highest BCUT2D eigenvalue weighted by Gasteiger charge is 2.16. The summed E-state index contributed by atoms with van der Waals surface area (Å²) >= 11 is 0. The summed E-state index contributed by atoms with van der Waals surface area (Å²) < 4.78 is 1.90. The fraction of sp³-hybridized carbons (Fsp3) is 0.389. The molecule has 2 heterocycles. The van der Waals surface area contributed by atoms with Gasteiger partial charge in [-0.1, -0.05) is 31.5 Å². The fourth-order valence-corrected chi connectivity index (χ4v) is 2.59. The van der Waals surface area contributed by atoms with Gasteiger partial charge in [-0.3, -0.25) is 0 Å². The topological polar surface area (TPSA) is 55.6 Å². The van der Waals surface area contributed by atoms with Crippen molar-refractivity contribution < 1.29 is 0 Å². The van der Waals surface area contributed by atoms with E-state index in [2.05, 4.69) is 60.3 Å². The van der Waals surface area contributed by atoms with Crippen molar-refractivity contribution in [3.63, 3.8) is 0 Å². The smallest absolute Gasteiger partial charge is 0.168 e. The second-order valence-corrected chi connectivity index (χ2v) is 6.43. The molecule has 0 atom stereocenters. The number of hydrogen-bond donors (Lipinski definition) is 1. The van der Waals surface area contributed by atoms with E-state index in [1.165, 1.54) is 5.56 Å². The lowest BCUT2D eigenvalue weighted by Crippen LogP contribution is -2.10. The molecular formula is C18H23N5. The van der Waals surface area contributed by atoms with Crippen LogP contribution in [-0.4, -0.2) is 26.3 Å². The van der Waals surface area contributed by atoms with Crippen molar-refractivity contribution in [2.75, 3.05) is 11.9 Å². The van der Waals surface area contributed by atoms with E-state index in [0.29, 0.717) is 5.92 Å². The monoisotopic (exact) mass is 309 g/mol. The van der Waals surface area contributed by atoms with Crippen LogP contribution in [0.25, 0.3) is 16.7 Å². The normalized spacial score (nSPS) is 11.4. The Morgan fingerprint density at radius 1 is 1.04 bits per heavy atom. The first kappa shape index (κ1) is 15.5. The molecule has 0 aliphatic heterocycles. The first-order valence-electron chi connectivity index (χ1n) is 8.00. The van der Waals surface area contributed by atoms with E-state index < -0.39 is 0 Å². The van der Waals surface area contributed by atoms with E-state index in [1.54, 1.807) is 0 Å². The number of benzene rings is 1. The molecule has 3 aromatic rings. The zero-order chi connectivity index (χ0) is 16.6. The van der Waals surface area contributed by atoms with Crippen molar-refractivity contribution in [1.29, 1.82) is 0 Å². The predicted octanol–water partition coefficient (Wildman–Crippen LogP) is 3.81. The minimum atomic E-state index is 0.549. The van der Waals surface area contributed by atoms with Gasteiger partial charge in [-0.05, 0) is 38.8 Å². The summed E-state index contributed by atoms with van der Waals surface area (Å²) in [6.07, 6.45) is 0. The summed E-state index contributed by atoms with van der Waals surface area (Å²) in [6, 6.07) is 8.31. The van der Waals surface area contributed by atoms with Gasteiger partial charge < -0.3 is 5.32 Å². The summed E-state index contributed by atoms with van der Waals surface area (Å²) in [5.74, 6) is 2.17. The number of rotatable bonds is 4. The van der Waals surface area contributed by atoms with Crippen LogP contribution in [-0.2, 0) is 0 Å². The van der Waals surface area contributed by atoms with Crippen LogP contribution in [0, 0.1) is 26.7 Å². The number of nitrogens with zero attached hydrogens (tertiary/aromatic N) is 4. The molecule has 0 amide bonds. The van der Waals surface area contributed by atoms with Crippen molar-refractivity contribution in [1.82, 2.24) is 19.7 Å². The lowest BCUT2D eigenvalue weighted by Gasteiger charge is -2.10. The van der Waals surface area contributed by atoms with Crippen LogP contribution in [0.2, 0.25) is 0 Å². The molecule has 0 aliphatic rings. The molecule has 5 nitrogen and oxygen atoms in total. The molecule has 0 saturated heterocycles. The molecule has 120 valence electrons. The molecule has 1 N–H and O–H groups in total. The maximum Gasteiger partial charge on any atom is 0.168 e. The maximum atomic E-state index is 4.69. The van der Waals surface area contributed by atoms with Gasteiger partial charge in [-0.15, -0.1) is 0 Å². The molecule has 0 radical (unpaired) electrons. The van der Waals surface area contributed by atoms with Crippen LogP contribution in [0.4, 0.5) is 5.82 Å². The lowest BCUT2D eigenvalue weighted by molar-refractivity contribution is 0.687. The van der Waals surface area contributed by atoms with Gasteiger partial charge in [0.25, 0.3) is 0 Å². The van der Waals surface area contributed by atoms with E-state index in [0.717, 1.165) is 40.6 Å². The van der Waals surface area contributed by atoms with Crippen LogP contribution in [0.15, 0.2) is 24.3 Å². The Morgan fingerprint density at radius 3 is 2.39 bits per heavy atom. The second kappa shape index (κ2) is 5.99. The average Bonchev–Trinajstić information content (AvgIpc) is 2.82. The quantitative estimate of drug-likeness (QED) is 0.796. The van der Waals surface area contributed by atoms with Crippen LogP contribution >= 0.6 is 0 Å². The van der Waals surface area contributed by atoms with Gasteiger partial charge in [0.05, 0.1) is 16.8 Å². The Kier molecular flexibility index (Phi) is 4.03. The second-order valence-electron chi connectivity index (χ2n) is 6.43. The Bertz CT molecular complexity index is 831. The average molecular weight is 309 g/mol. The Hall–Kier alpha value is -2.43. The first-order valence-corrected chi connectivity index (χ1v) is 8.00. The minimum Gasteiger partial charge on any atom is -0.369 e. The number of aromatic nitrogens is 4. The Morgan fingerprint density at radius 2 is 1.74 bits per heavy atom. The van der Waals surface area contributed by atoms with Crippen molar-refractivity contribution >= 4 is 16.9 Å². The van der Waals surface area contributed by atoms with Gasteiger partial charge in [-0.25, -0.2) is 14.6 Å². The molecule has 1 aromatic carbocycles. The van der Waals surface area contributed by atoms with Gasteiger partial charge in [0.15, 0.2) is 5.65 Å². The van der Waals surface area contributed by atoms with E-state index in [9.17, 15) is 0 Å². The molecule has 0 bridgehead atoms. The van der Waals surface area contributed by atoms with E-state index in [-0.39, 0.29) is 0 Å². The predicted molar refractivity (Wildman–Crippen MR) is 94.2 cm³/mol. The summed E-state index contributed by atoms with van der Waals surface area (Å²) in [6.45, 7) is 11.2. The number of hydrogen-bond acceptors (Lipinski definition) is 4. The highest BCUT2D eigenvalue weighted by molar-refractivity contribution is 5.90. The molecule has 5 heteroatoms. The Balaban J connectivity index is 2.16. The van der Waals surface area contributed by atoms with Crippen LogP contribution in [0.1, 0.15) is 30.9 Å². The van der Waals surface area contributed by atoms with E-state index >= 15 is 0 Å². The van der Waals surface area contributed by atoms with Crippen LogP contribution in [0.3, 0.4) is 0 Å². The maximum absolute atomic E-state index is 4.69. The van der Waals surface area contributed by atoms with Crippen LogP contribution < -0.4 is 5.32 Å². The molecule has 0 fully saturated rings. The lowest BCUT2D eigenvalue weighted by atomic mass is 10.2. The zero-order valence-corrected chi connectivity index (χ0v) is 14.4. The van der Waals surface area contributed by atoms with Crippen molar-refractivity contribution in [3.05, 3.63) is 41.3 Å². The zero-order valence-electron chi connectivity index (χ0n) is 14.4. The van der Waals surface area contributed by atoms with Crippen LogP contribution in [0.5, 0.6) is 0 Å². The standard InChI is InChI=1S/C18H23N5/c1-11(2)10-19-17-16-13(4)22-23(18(16)21-14(5)20-17)15-8-6-12(3)7-9-15/h6-9,11H,10H2,1-5H3,(H,19,20,21). The third-order valence-corrected chi connectivity index (χ3v) is 3.77. The summed E-state index contributed by atoms with van der Waals surface area (Å²) in [5.41, 5.74) is 4.03. The van der Waals surface area contributed by atoms with Crippen molar-refractivity contribution in [2.24, 2.45) is 5.92 Å². The highest BCUT2D eigenvalue weighted by Crippen LogP contribution is 2.26. The molecule has 0 aliphatic carbocycles. The van der Waals surface area contributed by atoms with Gasteiger partial charge in [0.2, 0.25) is 0 Å². The van der Waals surface area contributed by atoms with Gasteiger partial charge in [0, 0.05) is 6.54 Å². The number of anilines is 1. The number of aryl methyl sites for hydroxylation is 3. The summed E-state index contributed by atoms with van der Waals surface area (Å²) in [5, 5.41) is 9.13. The van der Waals surface area contributed by atoms with Crippen molar-refractivity contribution in [3.8, 4) is 5.69 Å². The minimum absolute atomic E-state index is 0.549. The highest BCUT2D eigenvalue weighted by atomic mass is 15.3. The molecule has 0 saturated carbocycles. The number of fused-ring (bicyclic) bond motifs is 1. The summed E-state index contributed by atoms with van der Waals surface area (Å²) in [4.78, 5) is 9.21. The third kappa shape index (κ3) is 3.04. The van der Waals surface area contributed by atoms with Gasteiger partial charge in [0.1, 0.15) is 11.6 Å². The molecule has 0 unspecified atom stereocenters. The van der Waals surface area contributed by atoms with E-state index in [4.69, 9.17) is 5.10 Å². The van der Waals surface area contributed by atoms with Gasteiger partial charge in [-0.2, -0.15) is 5.10 Å². The molecule has 23 heavy (non-hydrogen) atoms. The molecule has 3 rings (SSSR count). The number of nitrogens with one attached hydrogen (secondary N) is 1.